The minimum atomic E-state index is -0.570. The van der Waals surface area contributed by atoms with Gasteiger partial charge in [0, 0.05) is 0 Å². The van der Waals surface area contributed by atoms with Crippen LogP contribution in [-0.4, -0.2) is 25.3 Å². The van der Waals surface area contributed by atoms with E-state index in [0.29, 0.717) is 11.3 Å². The summed E-state index contributed by atoms with van der Waals surface area (Å²) in [5, 5.41) is 8.99. The fourth-order valence-corrected chi connectivity index (χ4v) is 1.42. The van der Waals surface area contributed by atoms with Crippen LogP contribution in [0.5, 0.6) is 11.5 Å². The van der Waals surface area contributed by atoms with E-state index in [1.54, 1.807) is 39.0 Å². The first-order chi connectivity index (χ1) is 8.87. The summed E-state index contributed by atoms with van der Waals surface area (Å²) in [5.74, 6) is 0.156. The Balaban J connectivity index is 2.78. The van der Waals surface area contributed by atoms with Gasteiger partial charge in [0.05, 0.1) is 12.7 Å². The van der Waals surface area contributed by atoms with E-state index in [2.05, 4.69) is 0 Å². The Labute approximate surface area is 112 Å². The molecule has 0 bridgehead atoms. The minimum absolute atomic E-state index is 0.248. The molecule has 19 heavy (non-hydrogen) atoms. The molecule has 0 radical (unpaired) electrons. The number of methoxy groups -OCH3 is 1. The van der Waals surface area contributed by atoms with Crippen LogP contribution in [0, 0.1) is 11.3 Å². The zero-order valence-electron chi connectivity index (χ0n) is 11.5. The van der Waals surface area contributed by atoms with Gasteiger partial charge in [0.2, 0.25) is 0 Å². The van der Waals surface area contributed by atoms with Crippen molar-refractivity contribution < 1.29 is 19.0 Å². The molecule has 102 valence electrons. The fraction of sp³-hybridized carbons (Fsp3) is 0.429. The largest absolute Gasteiger partial charge is 0.493 e. The summed E-state index contributed by atoms with van der Waals surface area (Å²) in [4.78, 5) is 11.6. The third kappa shape index (κ3) is 4.51. The number of hydrogen-bond acceptors (Lipinski definition) is 5. The maximum Gasteiger partial charge on any atom is 0.344 e. The number of nitriles is 1. The summed E-state index contributed by atoms with van der Waals surface area (Å²) in [5.41, 5.74) is -0.262. The van der Waals surface area contributed by atoms with Gasteiger partial charge in [-0.1, -0.05) is 6.07 Å². The second kappa shape index (κ2) is 6.10. The molecule has 0 saturated heterocycles. The molecule has 0 N–H and O–H groups in total. The van der Waals surface area contributed by atoms with E-state index in [1.807, 2.05) is 6.07 Å². The van der Waals surface area contributed by atoms with Crippen LogP contribution < -0.4 is 9.47 Å². The van der Waals surface area contributed by atoms with Crippen molar-refractivity contribution in [2.75, 3.05) is 13.7 Å². The molecule has 0 heterocycles. The van der Waals surface area contributed by atoms with Crippen LogP contribution in [0.25, 0.3) is 0 Å². The van der Waals surface area contributed by atoms with Crippen molar-refractivity contribution in [1.82, 2.24) is 0 Å². The van der Waals surface area contributed by atoms with Gasteiger partial charge < -0.3 is 14.2 Å². The fourth-order valence-electron chi connectivity index (χ4n) is 1.42. The number of hydrogen-bond donors (Lipinski definition) is 0. The average molecular weight is 263 g/mol. The highest BCUT2D eigenvalue weighted by molar-refractivity contribution is 5.72. The van der Waals surface area contributed by atoms with E-state index < -0.39 is 11.6 Å². The summed E-state index contributed by atoms with van der Waals surface area (Å²) in [6, 6.07) is 6.91. The van der Waals surface area contributed by atoms with Gasteiger partial charge in [-0.2, -0.15) is 5.26 Å². The summed E-state index contributed by atoms with van der Waals surface area (Å²) >= 11 is 0. The van der Waals surface area contributed by atoms with Gasteiger partial charge >= 0.3 is 5.97 Å². The SMILES string of the molecule is COc1cccc(C#N)c1OCC(=O)OC(C)(C)C. The quantitative estimate of drug-likeness (QED) is 0.779. The Kier molecular flexibility index (Phi) is 4.76. The first kappa shape index (κ1) is 14.8. The van der Waals surface area contributed by atoms with Crippen LogP contribution in [0.2, 0.25) is 0 Å². The van der Waals surface area contributed by atoms with Gasteiger partial charge in [0.1, 0.15) is 11.7 Å². The predicted molar refractivity (Wildman–Crippen MR) is 69.0 cm³/mol. The monoisotopic (exact) mass is 263 g/mol. The Morgan fingerprint density at radius 3 is 2.58 bits per heavy atom. The molecule has 0 saturated carbocycles. The molecule has 0 aromatic heterocycles. The topological polar surface area (TPSA) is 68.5 Å². The van der Waals surface area contributed by atoms with E-state index >= 15 is 0 Å². The predicted octanol–water partition coefficient (Wildman–Crippen LogP) is 2.29. The van der Waals surface area contributed by atoms with Crippen LogP contribution in [0.3, 0.4) is 0 Å². The van der Waals surface area contributed by atoms with E-state index in [4.69, 9.17) is 19.5 Å². The van der Waals surface area contributed by atoms with Crippen molar-refractivity contribution in [3.63, 3.8) is 0 Å². The van der Waals surface area contributed by atoms with Crippen molar-refractivity contribution in [3.8, 4) is 17.6 Å². The molecule has 0 unspecified atom stereocenters. The summed E-state index contributed by atoms with van der Waals surface area (Å²) in [6.07, 6.45) is 0. The van der Waals surface area contributed by atoms with Crippen molar-refractivity contribution in [3.05, 3.63) is 23.8 Å². The number of para-hydroxylation sites is 1. The van der Waals surface area contributed by atoms with Crippen LogP contribution in [0.1, 0.15) is 26.3 Å². The number of carbonyl (C=O) groups excluding carboxylic acids is 1. The second-order valence-electron chi connectivity index (χ2n) is 4.82. The first-order valence-electron chi connectivity index (χ1n) is 5.79. The summed E-state index contributed by atoms with van der Waals surface area (Å²) in [6.45, 7) is 5.05. The molecule has 0 atom stereocenters. The lowest BCUT2D eigenvalue weighted by Gasteiger charge is -2.20. The van der Waals surface area contributed by atoms with Gasteiger partial charge in [0.25, 0.3) is 0 Å². The standard InChI is InChI=1S/C14H17NO4/c1-14(2,3)19-12(16)9-18-13-10(8-15)6-5-7-11(13)17-4/h5-7H,9H2,1-4H3. The lowest BCUT2D eigenvalue weighted by Crippen LogP contribution is -2.27. The molecule has 0 aliphatic rings. The average Bonchev–Trinajstić information content (AvgIpc) is 2.33. The van der Waals surface area contributed by atoms with E-state index in [1.165, 1.54) is 7.11 Å². The lowest BCUT2D eigenvalue weighted by atomic mass is 10.2. The van der Waals surface area contributed by atoms with Gasteiger partial charge in [-0.25, -0.2) is 4.79 Å². The van der Waals surface area contributed by atoms with Gasteiger partial charge in [-0.15, -0.1) is 0 Å². The minimum Gasteiger partial charge on any atom is -0.493 e. The van der Waals surface area contributed by atoms with Crippen LogP contribution in [0.15, 0.2) is 18.2 Å². The van der Waals surface area contributed by atoms with E-state index in [-0.39, 0.29) is 12.4 Å². The van der Waals surface area contributed by atoms with Crippen LogP contribution >= 0.6 is 0 Å². The van der Waals surface area contributed by atoms with Gasteiger partial charge in [-0.05, 0) is 32.9 Å². The van der Waals surface area contributed by atoms with E-state index in [9.17, 15) is 4.79 Å². The third-order valence-corrected chi connectivity index (χ3v) is 2.07. The number of esters is 1. The number of rotatable bonds is 4. The molecule has 0 spiro atoms. The highest BCUT2D eigenvalue weighted by Crippen LogP contribution is 2.30. The summed E-state index contributed by atoms with van der Waals surface area (Å²) < 4.78 is 15.5. The number of carbonyl (C=O) groups is 1. The number of nitrogens with zero attached hydrogens (tertiary/aromatic N) is 1. The summed E-state index contributed by atoms with van der Waals surface area (Å²) in [7, 11) is 1.47. The third-order valence-electron chi connectivity index (χ3n) is 2.07. The first-order valence-corrected chi connectivity index (χ1v) is 5.79. The molecule has 1 aromatic carbocycles. The number of ether oxygens (including phenoxy) is 3. The lowest BCUT2D eigenvalue weighted by molar-refractivity contribution is -0.157. The molecular formula is C14H17NO4. The molecule has 0 amide bonds. The smallest absolute Gasteiger partial charge is 0.344 e. The number of benzene rings is 1. The molecule has 0 aliphatic carbocycles. The van der Waals surface area contributed by atoms with E-state index in [0.717, 1.165) is 0 Å². The zero-order valence-corrected chi connectivity index (χ0v) is 11.5. The van der Waals surface area contributed by atoms with Crippen molar-refractivity contribution in [2.24, 2.45) is 0 Å². The highest BCUT2D eigenvalue weighted by Gasteiger charge is 2.18. The molecule has 1 rings (SSSR count). The molecule has 0 fully saturated rings. The molecular weight excluding hydrogens is 246 g/mol. The molecule has 5 nitrogen and oxygen atoms in total. The zero-order chi connectivity index (χ0) is 14.5. The maximum atomic E-state index is 11.6. The molecule has 1 aromatic rings. The van der Waals surface area contributed by atoms with Crippen molar-refractivity contribution in [2.45, 2.75) is 26.4 Å². The van der Waals surface area contributed by atoms with Crippen LogP contribution in [0.4, 0.5) is 0 Å². The Bertz CT molecular complexity index is 497. The second-order valence-corrected chi connectivity index (χ2v) is 4.82. The van der Waals surface area contributed by atoms with Crippen LogP contribution in [-0.2, 0) is 9.53 Å². The molecule has 0 aliphatic heterocycles. The Morgan fingerprint density at radius 2 is 2.05 bits per heavy atom. The highest BCUT2D eigenvalue weighted by atomic mass is 16.6. The normalized spacial score (nSPS) is 10.5. The van der Waals surface area contributed by atoms with Gasteiger partial charge in [-0.3, -0.25) is 0 Å². The van der Waals surface area contributed by atoms with Crippen molar-refractivity contribution >= 4 is 5.97 Å². The Hall–Kier alpha value is -2.22. The maximum absolute atomic E-state index is 11.6. The van der Waals surface area contributed by atoms with Crippen molar-refractivity contribution in [1.29, 1.82) is 5.26 Å². The molecule has 5 heteroatoms. The Morgan fingerprint density at radius 1 is 1.37 bits per heavy atom. The van der Waals surface area contributed by atoms with Gasteiger partial charge in [0.15, 0.2) is 18.1 Å².